The van der Waals surface area contributed by atoms with Gasteiger partial charge in [0.1, 0.15) is 0 Å². The number of epoxide rings is 1. The highest BCUT2D eigenvalue weighted by atomic mass is 16.6. The van der Waals surface area contributed by atoms with Gasteiger partial charge in [-0.15, -0.1) is 0 Å². The monoisotopic (exact) mass is 198 g/mol. The van der Waals surface area contributed by atoms with Crippen molar-refractivity contribution in [2.24, 2.45) is 5.92 Å². The summed E-state index contributed by atoms with van der Waals surface area (Å²) in [5.41, 5.74) is 0. The van der Waals surface area contributed by atoms with E-state index in [0.29, 0.717) is 18.3 Å². The van der Waals surface area contributed by atoms with Crippen LogP contribution >= 0.6 is 0 Å². The Hall–Kier alpha value is -0.120. The van der Waals surface area contributed by atoms with Crippen LogP contribution in [0.5, 0.6) is 0 Å². The zero-order valence-corrected chi connectivity index (χ0v) is 8.48. The standard InChI is InChI=1S/C11H18O3/c1-2-10-11(14-10)6-8(1)5-9-7-12-3-4-13-9/h8-11H,1-7H2. The second kappa shape index (κ2) is 3.80. The fourth-order valence-corrected chi connectivity index (χ4v) is 2.75. The van der Waals surface area contributed by atoms with E-state index in [1.54, 1.807) is 0 Å². The molecular weight excluding hydrogens is 180 g/mol. The summed E-state index contributed by atoms with van der Waals surface area (Å²) >= 11 is 0. The van der Waals surface area contributed by atoms with Crippen molar-refractivity contribution in [3.8, 4) is 0 Å². The molecule has 0 aromatic carbocycles. The van der Waals surface area contributed by atoms with Crippen molar-refractivity contribution >= 4 is 0 Å². The maximum absolute atomic E-state index is 5.66. The van der Waals surface area contributed by atoms with Crippen LogP contribution in [0.2, 0.25) is 0 Å². The van der Waals surface area contributed by atoms with Crippen LogP contribution < -0.4 is 0 Å². The smallest absolute Gasteiger partial charge is 0.0844 e. The Balaban J connectivity index is 1.46. The van der Waals surface area contributed by atoms with Crippen molar-refractivity contribution in [3.05, 3.63) is 0 Å². The second-order valence-corrected chi connectivity index (χ2v) is 4.70. The SMILES string of the molecule is C1COC(CC2CCC3OC3C2)CO1. The molecule has 3 fully saturated rings. The zero-order valence-electron chi connectivity index (χ0n) is 8.48. The predicted molar refractivity (Wildman–Crippen MR) is 51.2 cm³/mol. The minimum atomic E-state index is 0.351. The van der Waals surface area contributed by atoms with Gasteiger partial charge in [0.25, 0.3) is 0 Å². The van der Waals surface area contributed by atoms with Gasteiger partial charge in [-0.2, -0.15) is 0 Å². The molecule has 3 rings (SSSR count). The molecule has 2 aliphatic heterocycles. The van der Waals surface area contributed by atoms with Crippen molar-refractivity contribution in [1.29, 1.82) is 0 Å². The first-order valence-electron chi connectivity index (χ1n) is 5.76. The van der Waals surface area contributed by atoms with Gasteiger partial charge in [0.05, 0.1) is 38.1 Å². The van der Waals surface area contributed by atoms with Crippen LogP contribution in [0.15, 0.2) is 0 Å². The molecule has 0 radical (unpaired) electrons. The third-order valence-corrected chi connectivity index (χ3v) is 3.59. The maximum atomic E-state index is 5.66. The Morgan fingerprint density at radius 1 is 1.07 bits per heavy atom. The van der Waals surface area contributed by atoms with Crippen molar-refractivity contribution in [3.63, 3.8) is 0 Å². The molecule has 2 saturated heterocycles. The van der Waals surface area contributed by atoms with E-state index in [4.69, 9.17) is 14.2 Å². The third-order valence-electron chi connectivity index (χ3n) is 3.59. The lowest BCUT2D eigenvalue weighted by molar-refractivity contribution is -0.0967. The molecule has 0 bridgehead atoms. The molecular formula is C11H18O3. The van der Waals surface area contributed by atoms with Crippen LogP contribution in [-0.2, 0) is 14.2 Å². The van der Waals surface area contributed by atoms with Crippen LogP contribution in [0.1, 0.15) is 25.7 Å². The Morgan fingerprint density at radius 3 is 2.86 bits per heavy atom. The number of fused-ring (bicyclic) bond motifs is 1. The summed E-state index contributed by atoms with van der Waals surface area (Å²) in [6.07, 6.45) is 6.58. The van der Waals surface area contributed by atoms with Crippen LogP contribution in [0.3, 0.4) is 0 Å². The van der Waals surface area contributed by atoms with Crippen molar-refractivity contribution in [2.45, 2.75) is 44.0 Å². The molecule has 4 unspecified atom stereocenters. The number of rotatable bonds is 2. The lowest BCUT2D eigenvalue weighted by Crippen LogP contribution is -2.31. The van der Waals surface area contributed by atoms with Crippen molar-refractivity contribution in [1.82, 2.24) is 0 Å². The Kier molecular flexibility index (Phi) is 2.48. The molecule has 3 heteroatoms. The molecule has 0 aromatic rings. The summed E-state index contributed by atoms with van der Waals surface area (Å²) in [4.78, 5) is 0. The molecule has 3 aliphatic rings. The van der Waals surface area contributed by atoms with Crippen LogP contribution in [0.25, 0.3) is 0 Å². The van der Waals surface area contributed by atoms with Gasteiger partial charge in [-0.05, 0) is 31.6 Å². The van der Waals surface area contributed by atoms with E-state index in [1.165, 1.54) is 25.7 Å². The first kappa shape index (κ1) is 9.13. The predicted octanol–water partition coefficient (Wildman–Crippen LogP) is 1.36. The minimum Gasteiger partial charge on any atom is -0.376 e. The van der Waals surface area contributed by atoms with Gasteiger partial charge < -0.3 is 14.2 Å². The average molecular weight is 198 g/mol. The van der Waals surface area contributed by atoms with Gasteiger partial charge in [-0.3, -0.25) is 0 Å². The summed E-state index contributed by atoms with van der Waals surface area (Å²) in [6, 6.07) is 0. The van der Waals surface area contributed by atoms with Crippen LogP contribution in [0, 0.1) is 5.92 Å². The Labute approximate surface area is 84.7 Å². The summed E-state index contributed by atoms with van der Waals surface area (Å²) in [5.74, 6) is 0.811. The van der Waals surface area contributed by atoms with E-state index in [1.807, 2.05) is 0 Å². The maximum Gasteiger partial charge on any atom is 0.0844 e. The first-order chi connectivity index (χ1) is 6.92. The van der Waals surface area contributed by atoms with Gasteiger partial charge in [-0.25, -0.2) is 0 Å². The van der Waals surface area contributed by atoms with E-state index in [0.717, 1.165) is 25.7 Å². The number of hydrogen-bond acceptors (Lipinski definition) is 3. The van der Waals surface area contributed by atoms with E-state index >= 15 is 0 Å². The number of hydrogen-bond donors (Lipinski definition) is 0. The van der Waals surface area contributed by atoms with Crippen molar-refractivity contribution < 1.29 is 14.2 Å². The summed E-state index contributed by atoms with van der Waals surface area (Å²) in [6.45, 7) is 2.35. The van der Waals surface area contributed by atoms with E-state index in [2.05, 4.69) is 0 Å². The highest BCUT2D eigenvalue weighted by Crippen LogP contribution is 2.41. The molecule has 2 heterocycles. The molecule has 0 amide bonds. The van der Waals surface area contributed by atoms with Gasteiger partial charge in [0.15, 0.2) is 0 Å². The molecule has 1 saturated carbocycles. The topological polar surface area (TPSA) is 31.0 Å². The van der Waals surface area contributed by atoms with E-state index < -0.39 is 0 Å². The summed E-state index contributed by atoms with van der Waals surface area (Å²) in [7, 11) is 0. The van der Waals surface area contributed by atoms with Crippen LogP contribution in [-0.4, -0.2) is 38.1 Å². The quantitative estimate of drug-likeness (QED) is 0.628. The zero-order chi connectivity index (χ0) is 9.38. The summed E-state index contributed by atoms with van der Waals surface area (Å²) < 4.78 is 16.6. The van der Waals surface area contributed by atoms with Gasteiger partial charge in [-0.1, -0.05) is 0 Å². The second-order valence-electron chi connectivity index (χ2n) is 4.70. The number of ether oxygens (including phenoxy) is 3. The first-order valence-corrected chi connectivity index (χ1v) is 5.76. The van der Waals surface area contributed by atoms with Gasteiger partial charge >= 0.3 is 0 Å². The lowest BCUT2D eigenvalue weighted by Gasteiger charge is -2.27. The molecule has 0 aromatic heterocycles. The highest BCUT2D eigenvalue weighted by Gasteiger charge is 2.44. The Bertz CT molecular complexity index is 201. The Morgan fingerprint density at radius 2 is 2.07 bits per heavy atom. The fourth-order valence-electron chi connectivity index (χ4n) is 2.75. The fraction of sp³-hybridized carbons (Fsp3) is 1.00. The molecule has 0 N–H and O–H groups in total. The normalized spacial score (nSPS) is 47.1. The summed E-state index contributed by atoms with van der Waals surface area (Å²) in [5, 5.41) is 0. The third kappa shape index (κ3) is 1.95. The molecule has 4 atom stereocenters. The molecule has 3 nitrogen and oxygen atoms in total. The van der Waals surface area contributed by atoms with Crippen LogP contribution in [0.4, 0.5) is 0 Å². The molecule has 1 aliphatic carbocycles. The largest absolute Gasteiger partial charge is 0.376 e. The molecule has 80 valence electrons. The van der Waals surface area contributed by atoms with E-state index in [-0.39, 0.29) is 0 Å². The average Bonchev–Trinajstić information content (AvgIpc) is 2.97. The molecule has 0 spiro atoms. The minimum absolute atomic E-state index is 0.351. The van der Waals surface area contributed by atoms with Gasteiger partial charge in [0.2, 0.25) is 0 Å². The lowest BCUT2D eigenvalue weighted by atomic mass is 9.85. The van der Waals surface area contributed by atoms with Gasteiger partial charge in [0, 0.05) is 0 Å². The highest BCUT2D eigenvalue weighted by molar-refractivity contribution is 4.92. The molecule has 14 heavy (non-hydrogen) atoms. The van der Waals surface area contributed by atoms with E-state index in [9.17, 15) is 0 Å². The van der Waals surface area contributed by atoms with Crippen molar-refractivity contribution in [2.75, 3.05) is 19.8 Å².